The lowest BCUT2D eigenvalue weighted by atomic mass is 10.1. The van der Waals surface area contributed by atoms with Crippen LogP contribution in [-0.2, 0) is 37.7 Å². The molecular formula is C86H80Cl4N3P3. The predicted molar refractivity (Wildman–Crippen MR) is 404 cm³/mol. The number of nitrogens with zero attached hydrogens (tertiary/aromatic N) is 3. The summed E-state index contributed by atoms with van der Waals surface area (Å²) < 4.78 is 0. The van der Waals surface area contributed by atoms with Crippen molar-refractivity contribution in [3.8, 4) is 18.2 Å². The van der Waals surface area contributed by atoms with Crippen molar-refractivity contribution in [2.24, 2.45) is 0 Å². The standard InChI is InChI=1S/2C29H27NP.C28H25NP.4ClH/c30-23-13-12-17-26-16-10-11-22-29(26)31(27-18-6-2-7-19-27,28-20-8-3-9-21-28)24-25-14-4-1-5-15-25;30-23-11-10-12-25-19-21-26(22-20-25)24-31(27-13-4-1-5-14-27,28-15-6-2-7-16-28)29-17-8-3-9-18-29;29-22-10-11-24-18-20-25(21-19-24)23-30(26-12-4-1-5-13-26,27-14-6-2-7-15-27)28-16-8-3-9-17-28;;;;/h1-11,14-16,18-22H,12-13,17,24H2;1-9,13-22H,10-12,24H2;1-9,12-21H,10-11,23H2;4*1H/q3*+1;;;;/p-3. The van der Waals surface area contributed by atoms with E-state index in [1.165, 1.54) is 81.1 Å². The van der Waals surface area contributed by atoms with Gasteiger partial charge < -0.3 is 37.2 Å². The number of nitriles is 3. The number of rotatable bonds is 23. The SMILES string of the molecule is Cl.N#CCCCc1ccc(C[P+](c2ccccc2)(c2ccccc2)c2ccccc2)cc1.N#CCCCc1ccccc1[P+](Cc1ccccc1)(c1ccccc1)c1ccccc1.N#CCCc1ccc(C[P+](c2ccccc2)(c2ccccc2)c2ccccc2)cc1.[Cl-].[Cl-].[Cl-]. The molecule has 482 valence electrons. The Morgan fingerprint density at radius 1 is 0.219 bits per heavy atom. The zero-order valence-electron chi connectivity index (χ0n) is 53.9. The van der Waals surface area contributed by atoms with E-state index in [0.717, 1.165) is 50.6 Å². The van der Waals surface area contributed by atoms with Gasteiger partial charge in [0.05, 0.1) is 36.7 Å². The van der Waals surface area contributed by atoms with Crippen molar-refractivity contribution in [3.05, 3.63) is 379 Å². The van der Waals surface area contributed by atoms with E-state index in [-0.39, 0.29) is 49.6 Å². The maximum Gasteiger partial charge on any atom is 0.116 e. The van der Waals surface area contributed by atoms with Crippen LogP contribution >= 0.6 is 34.2 Å². The molecule has 0 bridgehead atoms. The summed E-state index contributed by atoms with van der Waals surface area (Å²) in [5.74, 6) is 0. The molecule has 10 heteroatoms. The first-order valence-electron chi connectivity index (χ1n) is 32.0. The Bertz CT molecular complexity index is 4030. The smallest absolute Gasteiger partial charge is 0.116 e. The number of aryl methyl sites for hydroxylation is 3. The Labute approximate surface area is 597 Å². The second-order valence-electron chi connectivity index (χ2n) is 23.0. The number of benzene rings is 12. The molecule has 3 nitrogen and oxygen atoms in total. The molecule has 0 heterocycles. The zero-order valence-corrected chi connectivity index (χ0v) is 59.7. The summed E-state index contributed by atoms with van der Waals surface area (Å²) in [4.78, 5) is 0. The molecule has 12 aromatic rings. The van der Waals surface area contributed by atoms with E-state index >= 15 is 0 Å². The quantitative estimate of drug-likeness (QED) is 0.0475. The molecule has 0 aromatic heterocycles. The lowest BCUT2D eigenvalue weighted by Gasteiger charge is -2.29. The van der Waals surface area contributed by atoms with Crippen LogP contribution in [0.15, 0.2) is 346 Å². The molecule has 0 spiro atoms. The summed E-state index contributed by atoms with van der Waals surface area (Å²) >= 11 is 0. The summed E-state index contributed by atoms with van der Waals surface area (Å²) in [5, 5.41) is 39.4. The van der Waals surface area contributed by atoms with Crippen molar-refractivity contribution >= 4 is 81.9 Å². The number of unbranched alkanes of at least 4 members (excludes halogenated alkanes) is 2. The number of hydrogen-bond acceptors (Lipinski definition) is 3. The minimum atomic E-state index is -1.94. The molecule has 0 saturated heterocycles. The Balaban J connectivity index is 0.000000223. The van der Waals surface area contributed by atoms with Crippen molar-refractivity contribution in [1.82, 2.24) is 0 Å². The van der Waals surface area contributed by atoms with Gasteiger partial charge in [0.2, 0.25) is 0 Å². The molecule has 12 aromatic carbocycles. The van der Waals surface area contributed by atoms with Crippen molar-refractivity contribution < 1.29 is 37.2 Å². The first-order valence-corrected chi connectivity index (χ1v) is 37.9. The van der Waals surface area contributed by atoms with E-state index in [1.54, 1.807) is 0 Å². The fraction of sp³-hybridized carbons (Fsp3) is 0.128. The summed E-state index contributed by atoms with van der Waals surface area (Å²) in [6, 6.07) is 132. The minimum Gasteiger partial charge on any atom is -1.00 e. The fourth-order valence-corrected chi connectivity index (χ4v) is 25.7. The second-order valence-corrected chi connectivity index (χ2v) is 33.4. The molecule has 0 unspecified atom stereocenters. The molecule has 0 N–H and O–H groups in total. The van der Waals surface area contributed by atoms with E-state index in [9.17, 15) is 0 Å². The number of hydrogen-bond donors (Lipinski definition) is 0. The zero-order chi connectivity index (χ0) is 63.4. The van der Waals surface area contributed by atoms with Gasteiger partial charge in [0.1, 0.15) is 69.5 Å². The highest BCUT2D eigenvalue weighted by Crippen LogP contribution is 2.61. The first-order chi connectivity index (χ1) is 45.5. The van der Waals surface area contributed by atoms with Gasteiger partial charge in [-0.25, -0.2) is 0 Å². The van der Waals surface area contributed by atoms with Gasteiger partial charge in [-0.15, -0.1) is 12.4 Å². The minimum absolute atomic E-state index is 0. The molecule has 0 amide bonds. The second kappa shape index (κ2) is 40.2. The van der Waals surface area contributed by atoms with Crippen molar-refractivity contribution in [2.45, 2.75) is 69.9 Å². The predicted octanol–water partition coefficient (Wildman–Crippen LogP) is 9.12. The Kier molecular flexibility index (Phi) is 32.1. The van der Waals surface area contributed by atoms with Crippen LogP contribution in [0.4, 0.5) is 0 Å². The molecule has 0 aliphatic heterocycles. The van der Waals surface area contributed by atoms with E-state index in [1.807, 2.05) is 0 Å². The van der Waals surface area contributed by atoms with Crippen molar-refractivity contribution in [2.75, 3.05) is 0 Å². The van der Waals surface area contributed by atoms with E-state index in [2.05, 4.69) is 364 Å². The largest absolute Gasteiger partial charge is 1.00 e. The molecule has 0 atom stereocenters. The van der Waals surface area contributed by atoms with Crippen LogP contribution in [0.25, 0.3) is 0 Å². The summed E-state index contributed by atoms with van der Waals surface area (Å²) in [5.41, 5.74) is 7.95. The third-order valence-corrected chi connectivity index (χ3v) is 30.4. The van der Waals surface area contributed by atoms with Crippen LogP contribution in [0.5, 0.6) is 0 Å². The lowest BCUT2D eigenvalue weighted by Crippen LogP contribution is -3.00. The molecule has 96 heavy (non-hydrogen) atoms. The fourth-order valence-electron chi connectivity index (χ4n) is 12.6. The van der Waals surface area contributed by atoms with Crippen LogP contribution in [0, 0.1) is 34.0 Å². The van der Waals surface area contributed by atoms with Crippen LogP contribution in [0.3, 0.4) is 0 Å². The van der Waals surface area contributed by atoms with Crippen LogP contribution in [-0.4, -0.2) is 0 Å². The summed E-state index contributed by atoms with van der Waals surface area (Å²) in [7, 11) is -5.67. The van der Waals surface area contributed by atoms with E-state index < -0.39 is 21.8 Å². The topological polar surface area (TPSA) is 71.4 Å². The van der Waals surface area contributed by atoms with Crippen molar-refractivity contribution in [1.29, 1.82) is 15.8 Å². The van der Waals surface area contributed by atoms with Gasteiger partial charge >= 0.3 is 0 Å². The van der Waals surface area contributed by atoms with Gasteiger partial charge in [0, 0.05) is 19.3 Å². The van der Waals surface area contributed by atoms with Crippen LogP contribution < -0.4 is 85.0 Å². The molecule has 0 fully saturated rings. The monoisotopic (exact) mass is 1390 g/mol. The molecule has 0 saturated carbocycles. The highest BCUT2D eigenvalue weighted by Gasteiger charge is 2.48. The average molecular weight is 1390 g/mol. The third-order valence-electron chi connectivity index (χ3n) is 17.1. The Morgan fingerprint density at radius 2 is 0.448 bits per heavy atom. The molecule has 0 aliphatic carbocycles. The Hall–Kier alpha value is -8.44. The van der Waals surface area contributed by atoms with Gasteiger partial charge in [-0.05, 0) is 169 Å². The van der Waals surface area contributed by atoms with Gasteiger partial charge in [0.25, 0.3) is 0 Å². The van der Waals surface area contributed by atoms with Gasteiger partial charge in [-0.3, -0.25) is 0 Å². The van der Waals surface area contributed by atoms with E-state index in [0.29, 0.717) is 19.3 Å². The van der Waals surface area contributed by atoms with Gasteiger partial charge in [-0.2, -0.15) is 15.8 Å². The summed E-state index contributed by atoms with van der Waals surface area (Å²) in [6.07, 6.45) is 9.24. The molecule has 0 radical (unpaired) electrons. The highest BCUT2D eigenvalue weighted by atomic mass is 35.5. The van der Waals surface area contributed by atoms with Crippen molar-refractivity contribution in [3.63, 3.8) is 0 Å². The number of halogens is 4. The van der Waals surface area contributed by atoms with Gasteiger partial charge in [-0.1, -0.05) is 243 Å². The van der Waals surface area contributed by atoms with Crippen LogP contribution in [0.2, 0.25) is 0 Å². The maximum absolute atomic E-state index is 9.08. The average Bonchev–Trinajstić information content (AvgIpc) is 0.785. The normalized spacial score (nSPS) is 10.6. The van der Waals surface area contributed by atoms with Gasteiger partial charge in [0.15, 0.2) is 0 Å². The highest BCUT2D eigenvalue weighted by molar-refractivity contribution is 7.96. The summed E-state index contributed by atoms with van der Waals surface area (Å²) in [6.45, 7) is 0. The third kappa shape index (κ3) is 19.4. The van der Waals surface area contributed by atoms with Crippen LogP contribution in [0.1, 0.15) is 65.5 Å². The van der Waals surface area contributed by atoms with E-state index in [4.69, 9.17) is 15.8 Å². The molecule has 12 rings (SSSR count). The molecule has 0 aliphatic rings. The first kappa shape index (κ1) is 76.6. The Morgan fingerprint density at radius 3 is 0.760 bits per heavy atom. The maximum atomic E-state index is 9.08. The molecular weight excluding hydrogens is 1310 g/mol. The lowest BCUT2D eigenvalue weighted by molar-refractivity contribution is -0.00100.